The van der Waals surface area contributed by atoms with Crippen molar-refractivity contribution in [3.8, 4) is 11.5 Å². The highest BCUT2D eigenvalue weighted by Gasteiger charge is 2.17. The van der Waals surface area contributed by atoms with E-state index >= 15 is 0 Å². The van der Waals surface area contributed by atoms with Crippen molar-refractivity contribution < 1.29 is 14.3 Å². The van der Waals surface area contributed by atoms with Crippen molar-refractivity contribution in [2.24, 2.45) is 0 Å². The first-order valence-electron chi connectivity index (χ1n) is 6.30. The molecule has 0 fully saturated rings. The molecule has 108 valence electrons. The Bertz CT molecular complexity index is 705. The van der Waals surface area contributed by atoms with E-state index in [4.69, 9.17) is 21.1 Å². The third kappa shape index (κ3) is 3.08. The molecule has 1 amide bonds. The van der Waals surface area contributed by atoms with Crippen molar-refractivity contribution >= 4 is 45.8 Å². The number of nitrogens with one attached hydrogen (secondary N) is 1. The Morgan fingerprint density at radius 1 is 1.14 bits per heavy atom. The van der Waals surface area contributed by atoms with Crippen LogP contribution in [-0.2, 0) is 0 Å². The Kier molecular flexibility index (Phi) is 4.21. The lowest BCUT2D eigenvalue weighted by molar-refractivity contribution is 0.102. The molecule has 0 saturated carbocycles. The monoisotopic (exact) mass is 415 g/mol. The molecule has 0 bridgehead atoms. The number of benzene rings is 2. The van der Waals surface area contributed by atoms with Gasteiger partial charge < -0.3 is 14.8 Å². The van der Waals surface area contributed by atoms with E-state index in [0.29, 0.717) is 41.0 Å². The lowest BCUT2D eigenvalue weighted by atomic mass is 10.2. The minimum Gasteiger partial charge on any atom is -0.486 e. The van der Waals surface area contributed by atoms with Gasteiger partial charge in [0.15, 0.2) is 11.5 Å². The molecule has 3 rings (SSSR count). The molecule has 1 aliphatic heterocycles. The van der Waals surface area contributed by atoms with Crippen LogP contribution in [-0.4, -0.2) is 19.1 Å². The topological polar surface area (TPSA) is 47.6 Å². The Hall–Kier alpha value is -1.47. The van der Waals surface area contributed by atoms with Crippen LogP contribution in [0, 0.1) is 3.57 Å². The zero-order valence-electron chi connectivity index (χ0n) is 10.9. The molecule has 1 heterocycles. The predicted molar refractivity (Wildman–Crippen MR) is 89.6 cm³/mol. The zero-order valence-corrected chi connectivity index (χ0v) is 13.8. The van der Waals surface area contributed by atoms with Crippen molar-refractivity contribution in [2.45, 2.75) is 0 Å². The number of hydrogen-bond acceptors (Lipinski definition) is 3. The van der Waals surface area contributed by atoms with Crippen LogP contribution in [0.5, 0.6) is 11.5 Å². The summed E-state index contributed by atoms with van der Waals surface area (Å²) in [4.78, 5) is 12.3. The Morgan fingerprint density at radius 3 is 2.52 bits per heavy atom. The summed E-state index contributed by atoms with van der Waals surface area (Å²) in [5.74, 6) is 0.973. The largest absolute Gasteiger partial charge is 0.486 e. The molecule has 0 saturated heterocycles. The van der Waals surface area contributed by atoms with Gasteiger partial charge in [0.05, 0.1) is 16.3 Å². The summed E-state index contributed by atoms with van der Waals surface area (Å²) in [7, 11) is 0. The first-order chi connectivity index (χ1) is 10.1. The van der Waals surface area contributed by atoms with E-state index in [1.807, 2.05) is 18.2 Å². The number of carbonyl (C=O) groups is 1. The number of amides is 1. The standard InChI is InChI=1S/C15H11ClINO3/c16-10-7-13-14(21-6-5-20-13)8-12(10)18-15(19)9-3-1-2-4-11(9)17/h1-4,7-8H,5-6H2,(H,18,19). The number of ether oxygens (including phenoxy) is 2. The molecule has 2 aromatic rings. The Morgan fingerprint density at radius 2 is 1.81 bits per heavy atom. The number of anilines is 1. The lowest BCUT2D eigenvalue weighted by Crippen LogP contribution is -2.17. The third-order valence-electron chi connectivity index (χ3n) is 3.00. The van der Waals surface area contributed by atoms with Crippen LogP contribution in [0.3, 0.4) is 0 Å². The molecule has 0 atom stereocenters. The maximum absolute atomic E-state index is 12.3. The van der Waals surface area contributed by atoms with E-state index in [0.717, 1.165) is 3.57 Å². The maximum Gasteiger partial charge on any atom is 0.256 e. The first kappa shape index (κ1) is 14.5. The summed E-state index contributed by atoms with van der Waals surface area (Å²) in [5, 5.41) is 3.22. The lowest BCUT2D eigenvalue weighted by Gasteiger charge is -2.20. The number of rotatable bonds is 2. The summed E-state index contributed by atoms with van der Waals surface area (Å²) in [5.41, 5.74) is 1.11. The molecule has 6 heteroatoms. The fourth-order valence-electron chi connectivity index (χ4n) is 1.99. The van der Waals surface area contributed by atoms with Crippen LogP contribution >= 0.6 is 34.2 Å². The van der Waals surface area contributed by atoms with E-state index in [-0.39, 0.29) is 5.91 Å². The second-order valence-corrected chi connectivity index (χ2v) is 5.98. The molecule has 0 aliphatic carbocycles. The summed E-state index contributed by atoms with van der Waals surface area (Å²) in [6, 6.07) is 10.7. The minimum atomic E-state index is -0.210. The van der Waals surface area contributed by atoms with E-state index in [2.05, 4.69) is 27.9 Å². The molecule has 0 spiro atoms. The second kappa shape index (κ2) is 6.11. The highest BCUT2D eigenvalue weighted by atomic mass is 127. The molecule has 4 nitrogen and oxygen atoms in total. The fourth-order valence-corrected chi connectivity index (χ4v) is 2.83. The summed E-state index contributed by atoms with van der Waals surface area (Å²) >= 11 is 8.30. The van der Waals surface area contributed by atoms with Gasteiger partial charge in [0, 0.05) is 15.7 Å². The molecule has 0 aromatic heterocycles. The molecule has 21 heavy (non-hydrogen) atoms. The Balaban J connectivity index is 1.88. The van der Waals surface area contributed by atoms with Crippen LogP contribution in [0.25, 0.3) is 0 Å². The number of fused-ring (bicyclic) bond motifs is 1. The molecule has 1 aliphatic rings. The normalized spacial score (nSPS) is 12.9. The van der Waals surface area contributed by atoms with Crippen molar-refractivity contribution in [3.05, 3.63) is 50.6 Å². The fraction of sp³-hybridized carbons (Fsp3) is 0.133. The van der Waals surface area contributed by atoms with Crippen molar-refractivity contribution in [2.75, 3.05) is 18.5 Å². The predicted octanol–water partition coefficient (Wildman–Crippen LogP) is 3.97. The van der Waals surface area contributed by atoms with Gasteiger partial charge in [-0.25, -0.2) is 0 Å². The van der Waals surface area contributed by atoms with Crippen LogP contribution in [0.4, 0.5) is 5.69 Å². The number of hydrogen-bond donors (Lipinski definition) is 1. The van der Waals surface area contributed by atoms with Gasteiger partial charge in [0.1, 0.15) is 13.2 Å². The van der Waals surface area contributed by atoms with E-state index < -0.39 is 0 Å². The van der Waals surface area contributed by atoms with E-state index in [9.17, 15) is 4.79 Å². The smallest absolute Gasteiger partial charge is 0.256 e. The van der Waals surface area contributed by atoms with Crippen LogP contribution in [0.1, 0.15) is 10.4 Å². The van der Waals surface area contributed by atoms with Gasteiger partial charge in [-0.2, -0.15) is 0 Å². The number of halogens is 2. The summed E-state index contributed by atoms with van der Waals surface area (Å²) < 4.78 is 11.8. The van der Waals surface area contributed by atoms with Crippen molar-refractivity contribution in [1.29, 1.82) is 0 Å². The molecule has 0 radical (unpaired) electrons. The van der Waals surface area contributed by atoms with Gasteiger partial charge in [0.25, 0.3) is 5.91 Å². The molecular formula is C15H11ClINO3. The van der Waals surface area contributed by atoms with E-state index in [1.54, 1.807) is 18.2 Å². The van der Waals surface area contributed by atoms with Gasteiger partial charge in [-0.3, -0.25) is 4.79 Å². The third-order valence-corrected chi connectivity index (χ3v) is 4.25. The average Bonchev–Trinajstić information content (AvgIpc) is 2.48. The molecule has 2 aromatic carbocycles. The van der Waals surface area contributed by atoms with Crippen LogP contribution in [0.2, 0.25) is 5.02 Å². The van der Waals surface area contributed by atoms with Gasteiger partial charge >= 0.3 is 0 Å². The molecule has 1 N–H and O–H groups in total. The molecule has 0 unspecified atom stereocenters. The van der Waals surface area contributed by atoms with Crippen molar-refractivity contribution in [3.63, 3.8) is 0 Å². The van der Waals surface area contributed by atoms with Crippen LogP contribution in [0.15, 0.2) is 36.4 Å². The summed E-state index contributed by atoms with van der Waals surface area (Å²) in [6.07, 6.45) is 0. The number of carbonyl (C=O) groups excluding carboxylic acids is 1. The average molecular weight is 416 g/mol. The first-order valence-corrected chi connectivity index (χ1v) is 7.76. The zero-order chi connectivity index (χ0) is 14.8. The van der Waals surface area contributed by atoms with Crippen LogP contribution < -0.4 is 14.8 Å². The van der Waals surface area contributed by atoms with Crippen molar-refractivity contribution in [1.82, 2.24) is 0 Å². The van der Waals surface area contributed by atoms with Gasteiger partial charge in [-0.15, -0.1) is 0 Å². The van der Waals surface area contributed by atoms with Gasteiger partial charge in [0.2, 0.25) is 0 Å². The Labute approximate surface area is 140 Å². The SMILES string of the molecule is O=C(Nc1cc2c(cc1Cl)OCCO2)c1ccccc1I. The highest BCUT2D eigenvalue weighted by molar-refractivity contribution is 14.1. The van der Waals surface area contributed by atoms with Gasteiger partial charge in [-0.05, 0) is 34.7 Å². The highest BCUT2D eigenvalue weighted by Crippen LogP contribution is 2.38. The summed E-state index contributed by atoms with van der Waals surface area (Å²) in [6.45, 7) is 0.982. The van der Waals surface area contributed by atoms with Gasteiger partial charge in [-0.1, -0.05) is 23.7 Å². The quantitative estimate of drug-likeness (QED) is 0.755. The maximum atomic E-state index is 12.3. The molecular weight excluding hydrogens is 405 g/mol. The van der Waals surface area contributed by atoms with E-state index in [1.165, 1.54) is 0 Å². The minimum absolute atomic E-state index is 0.210. The second-order valence-electron chi connectivity index (χ2n) is 4.41.